The van der Waals surface area contributed by atoms with Gasteiger partial charge in [0.15, 0.2) is 11.0 Å². The third kappa shape index (κ3) is 4.20. The van der Waals surface area contributed by atoms with E-state index in [1.165, 1.54) is 21.8 Å². The van der Waals surface area contributed by atoms with Crippen LogP contribution in [0.3, 0.4) is 0 Å². The van der Waals surface area contributed by atoms with Crippen LogP contribution in [0.5, 0.6) is 5.75 Å². The molecule has 0 saturated carbocycles. The molecule has 0 radical (unpaired) electrons. The molecule has 0 aliphatic heterocycles. The minimum atomic E-state index is -0.113. The second kappa shape index (κ2) is 9.32. The van der Waals surface area contributed by atoms with Gasteiger partial charge in [-0.05, 0) is 24.6 Å². The Morgan fingerprint density at radius 3 is 2.80 bits per heavy atom. The first-order valence-electron chi connectivity index (χ1n) is 9.66. The number of anilines is 1. The van der Waals surface area contributed by atoms with Crippen molar-refractivity contribution in [3.05, 3.63) is 53.9 Å². The fourth-order valence-corrected chi connectivity index (χ4v) is 4.94. The largest absolute Gasteiger partial charge is 0.495 e. The summed E-state index contributed by atoms with van der Waals surface area (Å²) in [6.07, 6.45) is 0.952. The number of aromatic nitrogens is 3. The summed E-state index contributed by atoms with van der Waals surface area (Å²) >= 11 is 3.10. The van der Waals surface area contributed by atoms with E-state index in [2.05, 4.69) is 44.5 Å². The molecular formula is C22H22N4O2S2. The number of amides is 1. The van der Waals surface area contributed by atoms with Crippen molar-refractivity contribution in [2.45, 2.75) is 25.0 Å². The molecule has 1 N–H and O–H groups in total. The first-order chi connectivity index (χ1) is 14.7. The Bertz CT molecular complexity index is 1170. The van der Waals surface area contributed by atoms with Gasteiger partial charge < -0.3 is 14.6 Å². The van der Waals surface area contributed by atoms with Crippen molar-refractivity contribution in [2.75, 3.05) is 18.2 Å². The number of benzene rings is 2. The molecule has 2 aromatic carbocycles. The SMILES string of the molecule is CCCn1c(SCC(=O)Nc2ccccc2OC)nnc1-c1csc2ccccc12. The van der Waals surface area contributed by atoms with E-state index in [-0.39, 0.29) is 11.7 Å². The molecule has 0 saturated heterocycles. The molecule has 0 atom stereocenters. The molecule has 2 aromatic heterocycles. The Kier molecular flexibility index (Phi) is 6.35. The van der Waals surface area contributed by atoms with Crippen molar-refractivity contribution < 1.29 is 9.53 Å². The fourth-order valence-electron chi connectivity index (χ4n) is 3.24. The predicted molar refractivity (Wildman–Crippen MR) is 123 cm³/mol. The molecule has 4 aromatic rings. The molecule has 8 heteroatoms. The van der Waals surface area contributed by atoms with Crippen LogP contribution in [0.25, 0.3) is 21.5 Å². The third-order valence-corrected chi connectivity index (χ3v) is 6.53. The van der Waals surface area contributed by atoms with Gasteiger partial charge in [-0.1, -0.05) is 49.0 Å². The maximum atomic E-state index is 12.5. The van der Waals surface area contributed by atoms with Gasteiger partial charge in [0.2, 0.25) is 5.91 Å². The highest BCUT2D eigenvalue weighted by Crippen LogP contribution is 2.34. The maximum absolute atomic E-state index is 12.5. The summed E-state index contributed by atoms with van der Waals surface area (Å²) < 4.78 is 8.63. The molecular weight excluding hydrogens is 416 g/mol. The van der Waals surface area contributed by atoms with Gasteiger partial charge in [-0.25, -0.2) is 0 Å². The fraction of sp³-hybridized carbons (Fsp3) is 0.227. The van der Waals surface area contributed by atoms with Crippen LogP contribution in [-0.2, 0) is 11.3 Å². The Hall–Kier alpha value is -2.84. The van der Waals surface area contributed by atoms with Crippen LogP contribution in [0.4, 0.5) is 5.69 Å². The maximum Gasteiger partial charge on any atom is 0.234 e. The van der Waals surface area contributed by atoms with Crippen LogP contribution in [0.15, 0.2) is 59.1 Å². The molecule has 0 bridgehead atoms. The number of ether oxygens (including phenoxy) is 1. The number of nitrogens with one attached hydrogen (secondary N) is 1. The lowest BCUT2D eigenvalue weighted by Gasteiger charge is -2.10. The topological polar surface area (TPSA) is 69.0 Å². The van der Waals surface area contributed by atoms with Crippen molar-refractivity contribution in [3.63, 3.8) is 0 Å². The average Bonchev–Trinajstić information content (AvgIpc) is 3.37. The molecule has 30 heavy (non-hydrogen) atoms. The van der Waals surface area contributed by atoms with Gasteiger partial charge in [-0.2, -0.15) is 0 Å². The number of hydrogen-bond donors (Lipinski definition) is 1. The number of rotatable bonds is 8. The Morgan fingerprint density at radius 2 is 1.97 bits per heavy atom. The van der Waals surface area contributed by atoms with E-state index in [4.69, 9.17) is 4.74 Å². The quantitative estimate of drug-likeness (QED) is 0.378. The molecule has 1 amide bonds. The number of para-hydroxylation sites is 2. The van der Waals surface area contributed by atoms with Crippen LogP contribution in [-0.4, -0.2) is 33.5 Å². The van der Waals surface area contributed by atoms with Gasteiger partial charge in [0.1, 0.15) is 5.75 Å². The zero-order valence-corrected chi connectivity index (χ0v) is 18.4. The lowest BCUT2D eigenvalue weighted by Crippen LogP contribution is -2.15. The summed E-state index contributed by atoms with van der Waals surface area (Å²) in [5.74, 6) is 1.61. The summed E-state index contributed by atoms with van der Waals surface area (Å²) in [6, 6.07) is 15.7. The van der Waals surface area contributed by atoms with Gasteiger partial charge in [0, 0.05) is 27.6 Å². The zero-order valence-electron chi connectivity index (χ0n) is 16.8. The summed E-state index contributed by atoms with van der Waals surface area (Å²) in [5.41, 5.74) is 1.74. The van der Waals surface area contributed by atoms with E-state index in [1.54, 1.807) is 18.4 Å². The Morgan fingerprint density at radius 1 is 1.17 bits per heavy atom. The van der Waals surface area contributed by atoms with Gasteiger partial charge in [-0.3, -0.25) is 4.79 Å². The molecule has 154 valence electrons. The van der Waals surface area contributed by atoms with E-state index in [1.807, 2.05) is 36.4 Å². The number of methoxy groups -OCH3 is 1. The molecule has 0 aliphatic carbocycles. The summed E-state index contributed by atoms with van der Waals surface area (Å²) in [7, 11) is 1.59. The van der Waals surface area contributed by atoms with E-state index in [9.17, 15) is 4.79 Å². The molecule has 0 spiro atoms. The van der Waals surface area contributed by atoms with Crippen LogP contribution in [0.1, 0.15) is 13.3 Å². The highest BCUT2D eigenvalue weighted by molar-refractivity contribution is 7.99. The second-order valence-corrected chi connectivity index (χ2v) is 8.49. The van der Waals surface area contributed by atoms with E-state index >= 15 is 0 Å². The lowest BCUT2D eigenvalue weighted by atomic mass is 10.1. The van der Waals surface area contributed by atoms with E-state index < -0.39 is 0 Å². The van der Waals surface area contributed by atoms with Crippen molar-refractivity contribution in [1.29, 1.82) is 0 Å². The Balaban J connectivity index is 1.53. The number of carbonyl (C=O) groups excluding carboxylic acids is 1. The number of thioether (sulfide) groups is 1. The van der Waals surface area contributed by atoms with Crippen molar-refractivity contribution in [1.82, 2.24) is 14.8 Å². The monoisotopic (exact) mass is 438 g/mol. The Labute approximate surface area is 183 Å². The summed E-state index contributed by atoms with van der Waals surface area (Å²) in [4.78, 5) is 12.5. The lowest BCUT2D eigenvalue weighted by molar-refractivity contribution is -0.113. The van der Waals surface area contributed by atoms with Crippen LogP contribution >= 0.6 is 23.1 Å². The smallest absolute Gasteiger partial charge is 0.234 e. The number of nitrogens with zero attached hydrogens (tertiary/aromatic N) is 3. The normalized spacial score (nSPS) is 11.0. The summed E-state index contributed by atoms with van der Waals surface area (Å²) in [6.45, 7) is 2.92. The van der Waals surface area contributed by atoms with Crippen molar-refractivity contribution in [3.8, 4) is 17.1 Å². The molecule has 0 aliphatic rings. The van der Waals surface area contributed by atoms with Crippen LogP contribution < -0.4 is 10.1 Å². The van der Waals surface area contributed by atoms with Gasteiger partial charge >= 0.3 is 0 Å². The number of carbonyl (C=O) groups is 1. The number of fused-ring (bicyclic) bond motifs is 1. The minimum Gasteiger partial charge on any atom is -0.495 e. The molecule has 6 nitrogen and oxygen atoms in total. The van der Waals surface area contributed by atoms with Crippen LogP contribution in [0.2, 0.25) is 0 Å². The number of thiophene rings is 1. The second-order valence-electron chi connectivity index (χ2n) is 6.64. The third-order valence-electron chi connectivity index (χ3n) is 4.60. The first kappa shape index (κ1) is 20.4. The van der Waals surface area contributed by atoms with Crippen molar-refractivity contribution in [2.24, 2.45) is 0 Å². The number of hydrogen-bond acceptors (Lipinski definition) is 6. The molecule has 0 unspecified atom stereocenters. The highest BCUT2D eigenvalue weighted by atomic mass is 32.2. The summed E-state index contributed by atoms with van der Waals surface area (Å²) in [5, 5.41) is 15.8. The highest BCUT2D eigenvalue weighted by Gasteiger charge is 2.18. The van der Waals surface area contributed by atoms with E-state index in [0.29, 0.717) is 11.4 Å². The first-order valence-corrected chi connectivity index (χ1v) is 11.5. The van der Waals surface area contributed by atoms with Crippen LogP contribution in [0, 0.1) is 0 Å². The predicted octanol–water partition coefficient (Wildman–Crippen LogP) is 5.31. The molecule has 0 fully saturated rings. The molecule has 4 rings (SSSR count). The van der Waals surface area contributed by atoms with Gasteiger partial charge in [0.25, 0.3) is 0 Å². The van der Waals surface area contributed by atoms with Gasteiger partial charge in [0.05, 0.1) is 18.6 Å². The average molecular weight is 439 g/mol. The molecule has 2 heterocycles. The zero-order chi connectivity index (χ0) is 20.9. The van der Waals surface area contributed by atoms with E-state index in [0.717, 1.165) is 29.5 Å². The standard InChI is InChI=1S/C22H22N4O2S2/c1-3-12-26-21(16-13-29-19-11-7-4-8-15(16)19)24-25-22(26)30-14-20(27)23-17-9-5-6-10-18(17)28-2/h4-11,13H,3,12,14H2,1-2H3,(H,23,27). The van der Waals surface area contributed by atoms with Crippen molar-refractivity contribution >= 4 is 44.8 Å². The minimum absolute atomic E-state index is 0.113. The van der Waals surface area contributed by atoms with Gasteiger partial charge in [-0.15, -0.1) is 21.5 Å².